The van der Waals surface area contributed by atoms with Crippen molar-refractivity contribution < 1.29 is 0 Å². The van der Waals surface area contributed by atoms with Crippen LogP contribution in [0.1, 0.15) is 0 Å². The first-order valence-corrected chi connectivity index (χ1v) is 3.05. The topological polar surface area (TPSA) is 35.7 Å². The second kappa shape index (κ2) is 2.62. The van der Waals surface area contributed by atoms with Crippen molar-refractivity contribution >= 4 is 0 Å². The summed E-state index contributed by atoms with van der Waals surface area (Å²) in [6.07, 6.45) is 0. The van der Waals surface area contributed by atoms with Crippen molar-refractivity contribution in [3.05, 3.63) is 0 Å². The van der Waals surface area contributed by atoms with Crippen molar-refractivity contribution in [3.63, 3.8) is 0 Å². The van der Waals surface area contributed by atoms with Gasteiger partial charge in [-0.05, 0) is 14.1 Å². The minimum Gasteiger partial charge on any atom is -0.279 e. The molecule has 0 aromatic rings. The van der Waals surface area contributed by atoms with Crippen LogP contribution >= 0.6 is 0 Å². The van der Waals surface area contributed by atoms with E-state index in [-0.39, 0.29) is 0 Å². The lowest BCUT2D eigenvalue weighted by molar-refractivity contribution is -0.00163. The number of rotatable bonds is 0. The molecule has 1 heterocycles. The van der Waals surface area contributed by atoms with Gasteiger partial charge in [-0.25, -0.2) is 5.01 Å². The van der Waals surface area contributed by atoms with Crippen molar-refractivity contribution in [2.75, 3.05) is 34.1 Å². The quantitative estimate of drug-likeness (QED) is 0.423. The smallest absolute Gasteiger partial charge is 0.0666 e. The van der Waals surface area contributed by atoms with Gasteiger partial charge < -0.3 is 0 Å². The second-order valence-electron chi connectivity index (χ2n) is 2.73. The molecule has 4 heteroatoms. The standard InChI is InChI=1S/C5H14N4/c1-7-3-8(2)5-9(6)4-7/h3-6H2,1-2H3. The van der Waals surface area contributed by atoms with Gasteiger partial charge >= 0.3 is 0 Å². The van der Waals surface area contributed by atoms with Gasteiger partial charge in [0.05, 0.1) is 20.0 Å². The van der Waals surface area contributed by atoms with Crippen LogP contribution in [-0.2, 0) is 0 Å². The van der Waals surface area contributed by atoms with Crippen molar-refractivity contribution in [2.24, 2.45) is 5.84 Å². The van der Waals surface area contributed by atoms with Crippen LogP contribution in [0, 0.1) is 0 Å². The van der Waals surface area contributed by atoms with Crippen molar-refractivity contribution in [1.29, 1.82) is 0 Å². The van der Waals surface area contributed by atoms with Crippen LogP contribution in [0.3, 0.4) is 0 Å². The maximum Gasteiger partial charge on any atom is 0.0666 e. The predicted octanol–water partition coefficient (Wildman–Crippen LogP) is -1.09. The Hall–Kier alpha value is -0.160. The molecule has 1 fully saturated rings. The Labute approximate surface area is 55.8 Å². The third-order valence-corrected chi connectivity index (χ3v) is 1.33. The lowest BCUT2D eigenvalue weighted by atomic mass is 10.6. The monoisotopic (exact) mass is 130 g/mol. The summed E-state index contributed by atoms with van der Waals surface area (Å²) in [5.41, 5.74) is 0. The molecular formula is C5H14N4. The molecule has 54 valence electrons. The van der Waals surface area contributed by atoms with Gasteiger partial charge in [0.15, 0.2) is 0 Å². The van der Waals surface area contributed by atoms with Crippen LogP contribution < -0.4 is 5.84 Å². The molecule has 0 spiro atoms. The van der Waals surface area contributed by atoms with E-state index in [2.05, 4.69) is 23.9 Å². The lowest BCUT2D eigenvalue weighted by Crippen LogP contribution is -2.54. The van der Waals surface area contributed by atoms with Crippen LogP contribution in [0.5, 0.6) is 0 Å². The molecular weight excluding hydrogens is 116 g/mol. The Morgan fingerprint density at radius 3 is 1.78 bits per heavy atom. The van der Waals surface area contributed by atoms with Gasteiger partial charge in [-0.1, -0.05) is 0 Å². The number of hydrazine groups is 1. The Morgan fingerprint density at radius 1 is 1.00 bits per heavy atom. The maximum absolute atomic E-state index is 5.57. The van der Waals surface area contributed by atoms with E-state index in [0.29, 0.717) is 0 Å². The first-order chi connectivity index (χ1) is 4.18. The largest absolute Gasteiger partial charge is 0.279 e. The summed E-state index contributed by atoms with van der Waals surface area (Å²) in [6.45, 7) is 2.74. The van der Waals surface area contributed by atoms with Crippen molar-refractivity contribution in [3.8, 4) is 0 Å². The summed E-state index contributed by atoms with van der Waals surface area (Å²) in [4.78, 5) is 4.31. The molecule has 1 aliphatic rings. The predicted molar refractivity (Wildman–Crippen MR) is 36.2 cm³/mol. The lowest BCUT2D eigenvalue weighted by Gasteiger charge is -2.36. The third-order valence-electron chi connectivity index (χ3n) is 1.33. The highest BCUT2D eigenvalue weighted by atomic mass is 15.6. The fraction of sp³-hybridized carbons (Fsp3) is 1.00. The molecule has 1 rings (SSSR count). The molecule has 0 aromatic heterocycles. The third kappa shape index (κ3) is 1.91. The van der Waals surface area contributed by atoms with Crippen molar-refractivity contribution in [1.82, 2.24) is 14.8 Å². The average molecular weight is 130 g/mol. The molecule has 0 bridgehead atoms. The molecule has 1 saturated heterocycles. The Morgan fingerprint density at radius 2 is 1.44 bits per heavy atom. The fourth-order valence-electron chi connectivity index (χ4n) is 1.17. The Bertz CT molecular complexity index is 69.9. The first kappa shape index (κ1) is 6.95. The SMILES string of the molecule is CN1CN(C)CN(N)C1. The van der Waals surface area contributed by atoms with Gasteiger partial charge in [-0.2, -0.15) is 0 Å². The van der Waals surface area contributed by atoms with E-state index in [4.69, 9.17) is 5.84 Å². The maximum atomic E-state index is 5.57. The van der Waals surface area contributed by atoms with E-state index in [1.54, 1.807) is 5.01 Å². The molecule has 0 aromatic carbocycles. The molecule has 0 aliphatic carbocycles. The van der Waals surface area contributed by atoms with Gasteiger partial charge in [0.25, 0.3) is 0 Å². The Kier molecular flexibility index (Phi) is 2.02. The van der Waals surface area contributed by atoms with Gasteiger partial charge in [-0.3, -0.25) is 15.6 Å². The number of hydrogen-bond acceptors (Lipinski definition) is 4. The summed E-state index contributed by atoms with van der Waals surface area (Å²) in [5.74, 6) is 5.57. The second-order valence-corrected chi connectivity index (χ2v) is 2.73. The van der Waals surface area contributed by atoms with Gasteiger partial charge in [-0.15, -0.1) is 0 Å². The first-order valence-electron chi connectivity index (χ1n) is 3.05. The van der Waals surface area contributed by atoms with Crippen LogP contribution in [-0.4, -0.2) is 48.9 Å². The van der Waals surface area contributed by atoms with E-state index in [9.17, 15) is 0 Å². The highest BCUT2D eigenvalue weighted by molar-refractivity contribution is 4.57. The fourth-order valence-corrected chi connectivity index (χ4v) is 1.17. The van der Waals surface area contributed by atoms with Crippen LogP contribution in [0.4, 0.5) is 0 Å². The highest BCUT2D eigenvalue weighted by Gasteiger charge is 2.13. The molecule has 0 unspecified atom stereocenters. The van der Waals surface area contributed by atoms with E-state index >= 15 is 0 Å². The molecule has 0 amide bonds. The minimum absolute atomic E-state index is 0.865. The van der Waals surface area contributed by atoms with Crippen LogP contribution in [0.2, 0.25) is 0 Å². The Balaban J connectivity index is 2.34. The molecule has 2 N–H and O–H groups in total. The van der Waals surface area contributed by atoms with E-state index in [0.717, 1.165) is 20.0 Å². The molecule has 9 heavy (non-hydrogen) atoms. The summed E-state index contributed by atoms with van der Waals surface area (Å²) in [6, 6.07) is 0. The number of nitrogens with zero attached hydrogens (tertiary/aromatic N) is 3. The van der Waals surface area contributed by atoms with E-state index in [1.807, 2.05) is 0 Å². The van der Waals surface area contributed by atoms with Gasteiger partial charge in [0.1, 0.15) is 0 Å². The molecule has 1 aliphatic heterocycles. The van der Waals surface area contributed by atoms with Gasteiger partial charge in [0.2, 0.25) is 0 Å². The highest BCUT2D eigenvalue weighted by Crippen LogP contribution is 1.96. The zero-order valence-corrected chi connectivity index (χ0v) is 6.04. The van der Waals surface area contributed by atoms with Crippen LogP contribution in [0.15, 0.2) is 0 Å². The molecule has 0 atom stereocenters. The normalized spacial score (nSPS) is 27.0. The zero-order chi connectivity index (χ0) is 6.85. The summed E-state index contributed by atoms with van der Waals surface area (Å²) < 4.78 is 0. The van der Waals surface area contributed by atoms with E-state index in [1.165, 1.54) is 0 Å². The molecule has 4 nitrogen and oxygen atoms in total. The van der Waals surface area contributed by atoms with Crippen LogP contribution in [0.25, 0.3) is 0 Å². The van der Waals surface area contributed by atoms with Crippen molar-refractivity contribution in [2.45, 2.75) is 0 Å². The number of nitrogens with two attached hydrogens (primary N) is 1. The summed E-state index contributed by atoms with van der Waals surface area (Å²) in [7, 11) is 4.10. The summed E-state index contributed by atoms with van der Waals surface area (Å²) in [5, 5.41) is 1.78. The average Bonchev–Trinajstić information content (AvgIpc) is 1.59. The van der Waals surface area contributed by atoms with E-state index < -0.39 is 0 Å². The zero-order valence-electron chi connectivity index (χ0n) is 6.04. The van der Waals surface area contributed by atoms with Gasteiger partial charge in [0, 0.05) is 0 Å². The molecule has 0 saturated carbocycles. The number of hydrogen-bond donors (Lipinski definition) is 1. The molecule has 0 radical (unpaired) electrons. The minimum atomic E-state index is 0.865. The summed E-state index contributed by atoms with van der Waals surface area (Å²) >= 11 is 0.